The molecule has 2 aliphatic rings. The van der Waals surface area contributed by atoms with Gasteiger partial charge in [-0.05, 0) is 69.5 Å². The van der Waals surface area contributed by atoms with Gasteiger partial charge in [-0.1, -0.05) is 49.2 Å². The number of para-hydroxylation sites is 2. The Balaban J connectivity index is 1.29. The Morgan fingerprint density at radius 1 is 0.667 bits per heavy atom. The summed E-state index contributed by atoms with van der Waals surface area (Å²) in [7, 11) is 0. The number of piperidine rings is 2. The first-order valence-corrected chi connectivity index (χ1v) is 12.4. The molecule has 0 spiro atoms. The number of carbonyl (C=O) groups excluding carboxylic acids is 2. The quantitative estimate of drug-likeness (QED) is 0.630. The molecule has 0 aliphatic carbocycles. The lowest BCUT2D eigenvalue weighted by Crippen LogP contribution is -2.50. The summed E-state index contributed by atoms with van der Waals surface area (Å²) >= 11 is 0. The van der Waals surface area contributed by atoms with Crippen LogP contribution in [0, 0.1) is 0 Å². The van der Waals surface area contributed by atoms with Gasteiger partial charge in [-0.25, -0.2) is 0 Å². The number of rotatable bonds is 8. The Kier molecular flexibility index (Phi) is 8.50. The van der Waals surface area contributed by atoms with Crippen molar-refractivity contribution in [1.29, 1.82) is 0 Å². The van der Waals surface area contributed by atoms with E-state index in [1.54, 1.807) is 0 Å². The molecule has 6 nitrogen and oxygen atoms in total. The molecule has 2 atom stereocenters. The van der Waals surface area contributed by atoms with E-state index in [4.69, 9.17) is 0 Å². The number of nitrogens with zero attached hydrogens (tertiary/aromatic N) is 2. The molecule has 2 saturated heterocycles. The number of nitrogens with one attached hydrogen (secondary N) is 2. The van der Waals surface area contributed by atoms with Crippen LogP contribution in [0.4, 0.5) is 11.4 Å². The molecule has 0 aromatic heterocycles. The molecule has 6 heteroatoms. The van der Waals surface area contributed by atoms with E-state index < -0.39 is 0 Å². The summed E-state index contributed by atoms with van der Waals surface area (Å²) in [6, 6.07) is 19.3. The predicted molar refractivity (Wildman–Crippen MR) is 133 cm³/mol. The third-order valence-corrected chi connectivity index (χ3v) is 6.81. The summed E-state index contributed by atoms with van der Waals surface area (Å²) in [6.45, 7) is 3.70. The average molecular weight is 449 g/mol. The van der Waals surface area contributed by atoms with E-state index >= 15 is 0 Å². The first-order chi connectivity index (χ1) is 16.2. The van der Waals surface area contributed by atoms with Gasteiger partial charge in [0.25, 0.3) is 0 Å². The molecule has 33 heavy (non-hydrogen) atoms. The fourth-order valence-electron chi connectivity index (χ4n) is 5.08. The zero-order valence-electron chi connectivity index (χ0n) is 19.4. The molecular formula is C27H36N4O2. The fraction of sp³-hybridized carbons (Fsp3) is 0.481. The van der Waals surface area contributed by atoms with Gasteiger partial charge >= 0.3 is 0 Å². The van der Waals surface area contributed by atoms with Crippen LogP contribution in [-0.2, 0) is 9.59 Å². The van der Waals surface area contributed by atoms with Gasteiger partial charge in [-0.15, -0.1) is 0 Å². The lowest BCUT2D eigenvalue weighted by atomic mass is 9.99. The summed E-state index contributed by atoms with van der Waals surface area (Å²) in [6.07, 6.45) is 7.25. The maximum Gasteiger partial charge on any atom is 0.241 e. The number of hydrogen-bond donors (Lipinski definition) is 2. The largest absolute Gasteiger partial charge is 0.325 e. The molecule has 0 radical (unpaired) electrons. The van der Waals surface area contributed by atoms with E-state index in [0.29, 0.717) is 0 Å². The Hall–Kier alpha value is -2.70. The summed E-state index contributed by atoms with van der Waals surface area (Å²) in [5, 5.41) is 6.17. The molecule has 2 aliphatic heterocycles. The van der Waals surface area contributed by atoms with Gasteiger partial charge in [0.2, 0.25) is 11.8 Å². The lowest BCUT2D eigenvalue weighted by Gasteiger charge is -2.37. The van der Waals surface area contributed by atoms with Crippen molar-refractivity contribution in [2.45, 2.75) is 57.0 Å². The highest BCUT2D eigenvalue weighted by atomic mass is 16.2. The Morgan fingerprint density at radius 2 is 1.09 bits per heavy atom. The van der Waals surface area contributed by atoms with Gasteiger partial charge in [0.1, 0.15) is 0 Å². The van der Waals surface area contributed by atoms with Crippen LogP contribution in [0.2, 0.25) is 0 Å². The van der Waals surface area contributed by atoms with Crippen LogP contribution >= 0.6 is 0 Å². The van der Waals surface area contributed by atoms with Crippen molar-refractivity contribution in [1.82, 2.24) is 9.80 Å². The first kappa shape index (κ1) is 23.5. The smallest absolute Gasteiger partial charge is 0.241 e. The Labute approximate surface area is 197 Å². The molecule has 2 fully saturated rings. The number of anilines is 2. The van der Waals surface area contributed by atoms with E-state index in [1.165, 1.54) is 0 Å². The average Bonchev–Trinajstić information content (AvgIpc) is 2.86. The Bertz CT molecular complexity index is 816. The van der Waals surface area contributed by atoms with Gasteiger partial charge < -0.3 is 10.6 Å². The second kappa shape index (κ2) is 12.0. The standard InChI is InChI=1S/C27H36N4O2/c32-26(28-22-12-3-1-4-13-22)24-16-7-9-18-30(24)20-11-21-31-19-10-8-17-25(31)27(33)29-23-14-5-2-6-15-23/h1-6,12-15,24-25H,7-11,16-21H2,(H,28,32)(H,29,33)/t24-,25-/m0/s1. The molecule has 2 heterocycles. The van der Waals surface area contributed by atoms with E-state index in [9.17, 15) is 9.59 Å². The molecule has 176 valence electrons. The van der Waals surface area contributed by atoms with Crippen LogP contribution in [0.15, 0.2) is 60.7 Å². The maximum atomic E-state index is 12.9. The molecule has 2 aromatic carbocycles. The van der Waals surface area contributed by atoms with Gasteiger partial charge in [0.15, 0.2) is 0 Å². The van der Waals surface area contributed by atoms with Crippen molar-refractivity contribution in [3.8, 4) is 0 Å². The number of likely N-dealkylation sites (tertiary alicyclic amines) is 2. The number of amides is 2. The zero-order valence-corrected chi connectivity index (χ0v) is 19.4. The monoisotopic (exact) mass is 448 g/mol. The molecule has 0 unspecified atom stereocenters. The molecule has 2 aromatic rings. The minimum atomic E-state index is -0.0718. The number of carbonyl (C=O) groups is 2. The van der Waals surface area contributed by atoms with Gasteiger partial charge in [0.05, 0.1) is 12.1 Å². The highest BCUT2D eigenvalue weighted by Crippen LogP contribution is 2.22. The topological polar surface area (TPSA) is 64.7 Å². The van der Waals surface area contributed by atoms with Crippen molar-refractivity contribution in [3.05, 3.63) is 60.7 Å². The predicted octanol–water partition coefficient (Wildman–Crippen LogP) is 4.36. The maximum absolute atomic E-state index is 12.9. The zero-order chi connectivity index (χ0) is 22.9. The lowest BCUT2D eigenvalue weighted by molar-refractivity contribution is -0.122. The van der Waals surface area contributed by atoms with Crippen molar-refractivity contribution in [2.75, 3.05) is 36.8 Å². The summed E-state index contributed by atoms with van der Waals surface area (Å²) in [4.78, 5) is 30.6. The van der Waals surface area contributed by atoms with E-state index in [2.05, 4.69) is 20.4 Å². The number of benzene rings is 2. The van der Waals surface area contributed by atoms with Crippen LogP contribution < -0.4 is 10.6 Å². The molecular weight excluding hydrogens is 412 g/mol. The van der Waals surface area contributed by atoms with E-state index in [-0.39, 0.29) is 23.9 Å². The van der Waals surface area contributed by atoms with Crippen LogP contribution in [0.5, 0.6) is 0 Å². The van der Waals surface area contributed by atoms with Crippen molar-refractivity contribution in [2.24, 2.45) is 0 Å². The normalized spacial score (nSPS) is 21.9. The first-order valence-electron chi connectivity index (χ1n) is 12.4. The molecule has 0 bridgehead atoms. The van der Waals surface area contributed by atoms with Gasteiger partial charge in [-0.3, -0.25) is 19.4 Å². The number of hydrogen-bond acceptors (Lipinski definition) is 4. The molecule has 0 saturated carbocycles. The van der Waals surface area contributed by atoms with Crippen molar-refractivity contribution < 1.29 is 9.59 Å². The fourth-order valence-corrected chi connectivity index (χ4v) is 5.08. The second-order valence-corrected chi connectivity index (χ2v) is 9.16. The van der Waals surface area contributed by atoms with E-state index in [1.807, 2.05) is 60.7 Å². The molecule has 2 N–H and O–H groups in total. The SMILES string of the molecule is O=C(Nc1ccccc1)[C@@H]1CCCCN1CCCN1CCCC[C@H]1C(=O)Nc1ccccc1. The minimum Gasteiger partial charge on any atom is -0.325 e. The molecule has 2 amide bonds. The second-order valence-electron chi connectivity index (χ2n) is 9.16. The highest BCUT2D eigenvalue weighted by molar-refractivity contribution is 5.95. The van der Waals surface area contributed by atoms with Crippen LogP contribution in [0.25, 0.3) is 0 Å². The Morgan fingerprint density at radius 3 is 1.52 bits per heavy atom. The molecule has 4 rings (SSSR count). The summed E-state index contributed by atoms with van der Waals surface area (Å²) < 4.78 is 0. The highest BCUT2D eigenvalue weighted by Gasteiger charge is 2.31. The van der Waals surface area contributed by atoms with Crippen molar-refractivity contribution in [3.63, 3.8) is 0 Å². The van der Waals surface area contributed by atoms with Crippen LogP contribution in [0.1, 0.15) is 44.9 Å². The third kappa shape index (κ3) is 6.65. The van der Waals surface area contributed by atoms with Crippen LogP contribution in [-0.4, -0.2) is 59.9 Å². The summed E-state index contributed by atoms with van der Waals surface area (Å²) in [5.41, 5.74) is 1.71. The minimum absolute atomic E-state index is 0.0718. The third-order valence-electron chi connectivity index (χ3n) is 6.81. The van der Waals surface area contributed by atoms with Gasteiger partial charge in [0, 0.05) is 24.5 Å². The summed E-state index contributed by atoms with van der Waals surface area (Å²) in [5.74, 6) is 0.193. The van der Waals surface area contributed by atoms with E-state index in [0.717, 1.165) is 82.5 Å². The van der Waals surface area contributed by atoms with Crippen molar-refractivity contribution >= 4 is 23.2 Å². The van der Waals surface area contributed by atoms with Crippen LogP contribution in [0.3, 0.4) is 0 Å². The van der Waals surface area contributed by atoms with Gasteiger partial charge in [-0.2, -0.15) is 0 Å².